The Morgan fingerprint density at radius 2 is 1.88 bits per heavy atom. The third-order valence-corrected chi connectivity index (χ3v) is 4.58. The molecular weight excluding hydrogens is 350 g/mol. The van der Waals surface area contributed by atoms with Crippen molar-refractivity contribution in [3.63, 3.8) is 0 Å². The number of benzene rings is 2. The van der Waals surface area contributed by atoms with Gasteiger partial charge in [-0.1, -0.05) is 48.0 Å². The number of fused-ring (bicyclic) bond motifs is 3. The Morgan fingerprint density at radius 1 is 1.12 bits per heavy atom. The lowest BCUT2D eigenvalue weighted by molar-refractivity contribution is 0.0940. The van der Waals surface area contributed by atoms with Crippen LogP contribution in [0.3, 0.4) is 0 Å². The number of aromatic amines is 1. The molecule has 2 heterocycles. The molecule has 26 heavy (non-hydrogen) atoms. The molecule has 0 saturated carbocycles. The first kappa shape index (κ1) is 16.6. The van der Waals surface area contributed by atoms with E-state index < -0.39 is 0 Å². The summed E-state index contributed by atoms with van der Waals surface area (Å²) in [7, 11) is 0. The lowest BCUT2D eigenvalue weighted by Gasteiger charge is -2.09. The van der Waals surface area contributed by atoms with Crippen molar-refractivity contribution in [1.82, 2.24) is 15.3 Å². The van der Waals surface area contributed by atoms with E-state index >= 15 is 0 Å². The van der Waals surface area contributed by atoms with Crippen molar-refractivity contribution in [2.24, 2.45) is 0 Å². The number of carbonyl (C=O) groups is 1. The van der Waals surface area contributed by atoms with E-state index in [2.05, 4.69) is 15.3 Å². The maximum atomic E-state index is 12.4. The van der Waals surface area contributed by atoms with E-state index in [0.717, 1.165) is 27.4 Å². The number of nitrogens with one attached hydrogen (secondary N) is 2. The van der Waals surface area contributed by atoms with Crippen molar-refractivity contribution in [3.8, 4) is 11.3 Å². The summed E-state index contributed by atoms with van der Waals surface area (Å²) < 4.78 is 0. The Morgan fingerprint density at radius 3 is 2.69 bits per heavy atom. The molecule has 0 fully saturated rings. The second-order valence-corrected chi connectivity index (χ2v) is 6.32. The summed E-state index contributed by atoms with van der Waals surface area (Å²) in [6.45, 7) is 0.0479. The van der Waals surface area contributed by atoms with Crippen LogP contribution in [-0.4, -0.2) is 34.1 Å². The quantitative estimate of drug-likeness (QED) is 0.515. The number of amides is 1. The van der Waals surface area contributed by atoms with Crippen molar-refractivity contribution in [1.29, 1.82) is 0 Å². The number of aliphatic hydroxyl groups excluding tert-OH is 1. The van der Waals surface area contributed by atoms with Crippen LogP contribution in [0.4, 0.5) is 0 Å². The fraction of sp³-hybridized carbons (Fsp3) is 0.100. The van der Waals surface area contributed by atoms with Crippen LogP contribution >= 0.6 is 11.6 Å². The van der Waals surface area contributed by atoms with Gasteiger partial charge in [0.25, 0.3) is 5.91 Å². The topological polar surface area (TPSA) is 78.0 Å². The maximum absolute atomic E-state index is 12.4. The summed E-state index contributed by atoms with van der Waals surface area (Å²) in [5, 5.41) is 14.1. The molecule has 130 valence electrons. The van der Waals surface area contributed by atoms with Crippen molar-refractivity contribution >= 4 is 39.3 Å². The molecule has 0 radical (unpaired) electrons. The molecule has 0 spiro atoms. The summed E-state index contributed by atoms with van der Waals surface area (Å²) in [5.74, 6) is -0.334. The number of hydrogen-bond donors (Lipinski definition) is 3. The number of pyridine rings is 1. The third kappa shape index (κ3) is 2.81. The number of halogens is 1. The standard InChI is InChI=1S/C20H16ClN3O2/c21-15-7-3-1-6-13(15)18-19-14(12-5-2-4-8-16(12)23-19)11-17(24-18)20(26)22-9-10-25/h1-8,11,23,25H,9-10H2,(H,22,26). The monoisotopic (exact) mass is 365 g/mol. The molecule has 4 rings (SSSR count). The largest absolute Gasteiger partial charge is 0.395 e. The van der Waals surface area contributed by atoms with E-state index in [1.54, 1.807) is 12.1 Å². The van der Waals surface area contributed by atoms with E-state index in [9.17, 15) is 4.79 Å². The smallest absolute Gasteiger partial charge is 0.270 e. The summed E-state index contributed by atoms with van der Waals surface area (Å²) in [5.41, 5.74) is 3.45. The van der Waals surface area contributed by atoms with Gasteiger partial charge in [-0.25, -0.2) is 4.98 Å². The molecule has 6 heteroatoms. The lowest BCUT2D eigenvalue weighted by Crippen LogP contribution is -2.27. The fourth-order valence-corrected chi connectivity index (χ4v) is 3.30. The second kappa shape index (κ2) is 6.78. The number of aliphatic hydroxyl groups is 1. The van der Waals surface area contributed by atoms with Crippen molar-refractivity contribution in [3.05, 3.63) is 65.3 Å². The molecule has 5 nitrogen and oxygen atoms in total. The van der Waals surface area contributed by atoms with Crippen LogP contribution < -0.4 is 5.32 Å². The zero-order valence-electron chi connectivity index (χ0n) is 13.8. The summed E-state index contributed by atoms with van der Waals surface area (Å²) >= 11 is 6.39. The zero-order valence-corrected chi connectivity index (χ0v) is 14.5. The zero-order chi connectivity index (χ0) is 18.1. The normalized spacial score (nSPS) is 11.2. The molecule has 2 aromatic heterocycles. The van der Waals surface area contributed by atoms with Gasteiger partial charge in [0.2, 0.25) is 0 Å². The van der Waals surface area contributed by atoms with Crippen LogP contribution in [0.25, 0.3) is 33.1 Å². The Kier molecular flexibility index (Phi) is 4.32. The van der Waals surface area contributed by atoms with Gasteiger partial charge >= 0.3 is 0 Å². The molecule has 0 atom stereocenters. The van der Waals surface area contributed by atoms with Crippen molar-refractivity contribution in [2.45, 2.75) is 0 Å². The van der Waals surface area contributed by atoms with E-state index in [4.69, 9.17) is 16.7 Å². The van der Waals surface area contributed by atoms with Crippen LogP contribution in [0.5, 0.6) is 0 Å². The molecule has 1 amide bonds. The molecule has 0 aliphatic heterocycles. The van der Waals surface area contributed by atoms with Crippen LogP contribution in [-0.2, 0) is 0 Å². The fourth-order valence-electron chi connectivity index (χ4n) is 3.07. The number of rotatable bonds is 4. The van der Waals surface area contributed by atoms with Gasteiger partial charge in [0, 0.05) is 28.4 Å². The number of aromatic nitrogens is 2. The number of H-pyrrole nitrogens is 1. The predicted octanol–water partition coefficient (Wildman–Crippen LogP) is 3.76. The summed E-state index contributed by atoms with van der Waals surface area (Å²) in [6, 6.07) is 17.1. The molecular formula is C20H16ClN3O2. The molecule has 0 unspecified atom stereocenters. The summed E-state index contributed by atoms with van der Waals surface area (Å²) in [6.07, 6.45) is 0. The minimum Gasteiger partial charge on any atom is -0.395 e. The first-order valence-electron chi connectivity index (χ1n) is 8.24. The first-order chi connectivity index (χ1) is 12.7. The Hall–Kier alpha value is -2.89. The number of hydrogen-bond acceptors (Lipinski definition) is 3. The summed E-state index contributed by atoms with van der Waals surface area (Å²) in [4.78, 5) is 20.4. The van der Waals surface area contributed by atoms with Crippen LogP contribution in [0.2, 0.25) is 5.02 Å². The van der Waals surface area contributed by atoms with Crippen LogP contribution in [0, 0.1) is 0 Å². The molecule has 4 aromatic rings. The van der Waals surface area contributed by atoms with Crippen LogP contribution in [0.15, 0.2) is 54.6 Å². The van der Waals surface area contributed by atoms with E-state index in [1.165, 1.54) is 0 Å². The minimum absolute atomic E-state index is 0.127. The molecule has 3 N–H and O–H groups in total. The van der Waals surface area contributed by atoms with Gasteiger partial charge in [0.05, 0.1) is 22.8 Å². The molecule has 2 aromatic carbocycles. The Labute approximate surface area is 154 Å². The third-order valence-electron chi connectivity index (χ3n) is 4.26. The maximum Gasteiger partial charge on any atom is 0.270 e. The highest BCUT2D eigenvalue weighted by Gasteiger charge is 2.18. The number of para-hydroxylation sites is 1. The molecule has 0 bridgehead atoms. The first-order valence-corrected chi connectivity index (χ1v) is 8.62. The van der Waals surface area contributed by atoms with Gasteiger partial charge in [-0.05, 0) is 18.2 Å². The SMILES string of the molecule is O=C(NCCO)c1cc2c([nH]c3ccccc32)c(-c2ccccc2Cl)n1. The highest BCUT2D eigenvalue weighted by molar-refractivity contribution is 6.33. The predicted molar refractivity (Wildman–Crippen MR) is 103 cm³/mol. The van der Waals surface area contributed by atoms with Gasteiger partial charge < -0.3 is 15.4 Å². The van der Waals surface area contributed by atoms with Crippen molar-refractivity contribution in [2.75, 3.05) is 13.2 Å². The Balaban J connectivity index is 2.02. The van der Waals surface area contributed by atoms with Gasteiger partial charge in [-0.15, -0.1) is 0 Å². The van der Waals surface area contributed by atoms with E-state index in [0.29, 0.717) is 10.7 Å². The lowest BCUT2D eigenvalue weighted by atomic mass is 10.1. The van der Waals surface area contributed by atoms with Crippen molar-refractivity contribution < 1.29 is 9.90 Å². The number of nitrogens with zero attached hydrogens (tertiary/aromatic N) is 1. The molecule has 0 aliphatic carbocycles. The Bertz CT molecular complexity index is 1120. The van der Waals surface area contributed by atoms with Gasteiger partial charge in [0.1, 0.15) is 5.69 Å². The van der Waals surface area contributed by atoms with E-state index in [1.807, 2.05) is 42.5 Å². The number of carbonyl (C=O) groups excluding carboxylic acids is 1. The molecule has 0 aliphatic rings. The highest BCUT2D eigenvalue weighted by atomic mass is 35.5. The average molecular weight is 366 g/mol. The molecule has 0 saturated heterocycles. The van der Waals surface area contributed by atoms with Crippen LogP contribution in [0.1, 0.15) is 10.5 Å². The second-order valence-electron chi connectivity index (χ2n) is 5.91. The minimum atomic E-state index is -0.334. The van der Waals surface area contributed by atoms with Gasteiger partial charge in [-0.2, -0.15) is 0 Å². The van der Waals surface area contributed by atoms with Gasteiger partial charge in [-0.3, -0.25) is 4.79 Å². The highest BCUT2D eigenvalue weighted by Crippen LogP contribution is 2.35. The average Bonchev–Trinajstić information content (AvgIpc) is 3.04. The van der Waals surface area contributed by atoms with Gasteiger partial charge in [0.15, 0.2) is 0 Å². The van der Waals surface area contributed by atoms with E-state index in [-0.39, 0.29) is 24.8 Å².